The molecule has 1 N–H and O–H groups in total. The summed E-state index contributed by atoms with van der Waals surface area (Å²) in [6.07, 6.45) is 15.9. The molecule has 1 saturated carbocycles. The third-order valence-corrected chi connectivity index (χ3v) is 2.73. The smallest absolute Gasteiger partial charge is 0.0540 e. The fraction of sp³-hybridized carbons (Fsp3) is 0.833. The van der Waals surface area contributed by atoms with Crippen LogP contribution in [0.4, 0.5) is 0 Å². The van der Waals surface area contributed by atoms with Gasteiger partial charge in [0, 0.05) is 0 Å². The molecular weight excluding hydrogens is 160 g/mol. The van der Waals surface area contributed by atoms with Crippen LogP contribution in [0.2, 0.25) is 0 Å². The van der Waals surface area contributed by atoms with E-state index < -0.39 is 0 Å². The summed E-state index contributed by atoms with van der Waals surface area (Å²) in [7, 11) is 0. The molecule has 0 amide bonds. The average molecular weight is 182 g/mol. The average Bonchev–Trinajstić information content (AvgIpc) is 2.22. The second-order valence-electron chi connectivity index (χ2n) is 4.05. The van der Waals surface area contributed by atoms with Crippen LogP contribution in [0.25, 0.3) is 0 Å². The van der Waals surface area contributed by atoms with E-state index in [4.69, 9.17) is 5.11 Å². The first kappa shape index (κ1) is 10.8. The van der Waals surface area contributed by atoms with Crippen molar-refractivity contribution in [1.82, 2.24) is 0 Å². The topological polar surface area (TPSA) is 20.2 Å². The highest BCUT2D eigenvalue weighted by Gasteiger charge is 2.07. The van der Waals surface area contributed by atoms with Gasteiger partial charge in [0.15, 0.2) is 0 Å². The molecule has 0 heterocycles. The molecule has 76 valence electrons. The highest BCUT2D eigenvalue weighted by molar-refractivity contribution is 4.85. The van der Waals surface area contributed by atoms with Gasteiger partial charge in [-0.25, -0.2) is 0 Å². The van der Waals surface area contributed by atoms with Crippen LogP contribution in [-0.2, 0) is 0 Å². The van der Waals surface area contributed by atoms with E-state index in [1.807, 2.05) is 0 Å². The van der Waals surface area contributed by atoms with Gasteiger partial charge in [-0.3, -0.25) is 0 Å². The number of hydrogen-bond acceptors (Lipinski definition) is 1. The SMILES string of the molecule is C1=CCCCC1.OC1CCCCC1. The predicted octanol–water partition coefficient (Wildman–Crippen LogP) is 3.43. The number of allylic oxidation sites excluding steroid dienone is 2. The predicted molar refractivity (Wildman–Crippen MR) is 56.7 cm³/mol. The maximum Gasteiger partial charge on any atom is 0.0540 e. The van der Waals surface area contributed by atoms with Gasteiger partial charge in [-0.15, -0.1) is 0 Å². The van der Waals surface area contributed by atoms with Gasteiger partial charge in [-0.2, -0.15) is 0 Å². The Morgan fingerprint density at radius 1 is 0.769 bits per heavy atom. The molecule has 0 unspecified atom stereocenters. The third-order valence-electron chi connectivity index (χ3n) is 2.73. The maximum absolute atomic E-state index is 8.91. The van der Waals surface area contributed by atoms with Crippen molar-refractivity contribution in [2.45, 2.75) is 63.9 Å². The number of aliphatic hydroxyl groups is 1. The van der Waals surface area contributed by atoms with Crippen LogP contribution in [-0.4, -0.2) is 11.2 Å². The minimum atomic E-state index is 0.0359. The largest absolute Gasteiger partial charge is 0.393 e. The summed E-state index contributed by atoms with van der Waals surface area (Å²) in [5.74, 6) is 0. The molecule has 1 fully saturated rings. The number of rotatable bonds is 0. The second kappa shape index (κ2) is 7.14. The van der Waals surface area contributed by atoms with Gasteiger partial charge in [0.2, 0.25) is 0 Å². The van der Waals surface area contributed by atoms with Crippen LogP contribution in [0.5, 0.6) is 0 Å². The molecule has 1 heteroatoms. The molecule has 0 radical (unpaired) electrons. The zero-order valence-electron chi connectivity index (χ0n) is 8.54. The Kier molecular flexibility index (Phi) is 5.92. The van der Waals surface area contributed by atoms with Gasteiger partial charge >= 0.3 is 0 Å². The van der Waals surface area contributed by atoms with Crippen LogP contribution < -0.4 is 0 Å². The summed E-state index contributed by atoms with van der Waals surface area (Å²) in [4.78, 5) is 0. The minimum absolute atomic E-state index is 0.0359. The Morgan fingerprint density at radius 2 is 1.31 bits per heavy atom. The summed E-state index contributed by atoms with van der Waals surface area (Å²) < 4.78 is 0. The van der Waals surface area contributed by atoms with Crippen LogP contribution in [0.15, 0.2) is 12.2 Å². The van der Waals surface area contributed by atoms with Gasteiger partial charge in [0.25, 0.3) is 0 Å². The van der Waals surface area contributed by atoms with E-state index in [2.05, 4.69) is 12.2 Å². The van der Waals surface area contributed by atoms with Crippen molar-refractivity contribution >= 4 is 0 Å². The first-order chi connectivity index (χ1) is 6.39. The third kappa shape index (κ3) is 5.87. The second-order valence-corrected chi connectivity index (χ2v) is 4.05. The summed E-state index contributed by atoms with van der Waals surface area (Å²) in [6.45, 7) is 0. The molecule has 13 heavy (non-hydrogen) atoms. The molecule has 0 aromatic rings. The molecule has 0 spiro atoms. The molecule has 2 rings (SSSR count). The van der Waals surface area contributed by atoms with Crippen molar-refractivity contribution in [2.24, 2.45) is 0 Å². The van der Waals surface area contributed by atoms with E-state index in [0.29, 0.717) is 0 Å². The molecule has 1 nitrogen and oxygen atoms in total. The Hall–Kier alpha value is -0.300. The zero-order chi connectivity index (χ0) is 9.36. The van der Waals surface area contributed by atoms with E-state index in [1.54, 1.807) is 0 Å². The van der Waals surface area contributed by atoms with Gasteiger partial charge < -0.3 is 5.11 Å². The summed E-state index contributed by atoms with van der Waals surface area (Å²) in [6, 6.07) is 0. The zero-order valence-corrected chi connectivity index (χ0v) is 8.54. The maximum atomic E-state index is 8.91. The van der Waals surface area contributed by atoms with Crippen LogP contribution in [0, 0.1) is 0 Å². The lowest BCUT2D eigenvalue weighted by atomic mass is 9.98. The van der Waals surface area contributed by atoms with Crippen molar-refractivity contribution in [3.8, 4) is 0 Å². The Balaban J connectivity index is 0.000000132. The summed E-state index contributed by atoms with van der Waals surface area (Å²) >= 11 is 0. The first-order valence-electron chi connectivity index (χ1n) is 5.72. The molecule has 0 saturated heterocycles. The molecule has 0 aromatic carbocycles. The van der Waals surface area contributed by atoms with Crippen LogP contribution >= 0.6 is 0 Å². The molecule has 0 aliphatic heterocycles. The van der Waals surface area contributed by atoms with Gasteiger partial charge in [0.1, 0.15) is 0 Å². The van der Waals surface area contributed by atoms with E-state index in [1.165, 1.54) is 44.9 Å². The van der Waals surface area contributed by atoms with E-state index >= 15 is 0 Å². The van der Waals surface area contributed by atoms with Gasteiger partial charge in [-0.1, -0.05) is 31.4 Å². The number of hydrogen-bond donors (Lipinski definition) is 1. The Bertz CT molecular complexity index is 126. The van der Waals surface area contributed by atoms with E-state index in [-0.39, 0.29) is 6.10 Å². The highest BCUT2D eigenvalue weighted by atomic mass is 16.3. The van der Waals surface area contributed by atoms with Crippen molar-refractivity contribution < 1.29 is 5.11 Å². The van der Waals surface area contributed by atoms with Gasteiger partial charge in [0.05, 0.1) is 6.10 Å². The van der Waals surface area contributed by atoms with Crippen LogP contribution in [0.1, 0.15) is 57.8 Å². The molecule has 0 atom stereocenters. The molecule has 2 aliphatic carbocycles. The highest BCUT2D eigenvalue weighted by Crippen LogP contribution is 2.16. The van der Waals surface area contributed by atoms with Crippen molar-refractivity contribution in [3.05, 3.63) is 12.2 Å². The minimum Gasteiger partial charge on any atom is -0.393 e. The van der Waals surface area contributed by atoms with Crippen LogP contribution in [0.3, 0.4) is 0 Å². The monoisotopic (exact) mass is 182 g/mol. The fourth-order valence-electron chi connectivity index (χ4n) is 1.84. The standard InChI is InChI=1S/C6H12O.C6H10/c7-6-4-2-1-3-5-6;1-2-4-6-5-3-1/h6-7H,1-5H2;1-2H,3-6H2. The van der Waals surface area contributed by atoms with E-state index in [0.717, 1.165) is 12.8 Å². The molecule has 0 aromatic heterocycles. The van der Waals surface area contributed by atoms with Crippen molar-refractivity contribution in [1.29, 1.82) is 0 Å². The lowest BCUT2D eigenvalue weighted by Gasteiger charge is -2.14. The fourth-order valence-corrected chi connectivity index (χ4v) is 1.84. The molecular formula is C12H22O. The lowest BCUT2D eigenvalue weighted by molar-refractivity contribution is 0.130. The van der Waals surface area contributed by atoms with Crippen molar-refractivity contribution in [2.75, 3.05) is 0 Å². The summed E-state index contributed by atoms with van der Waals surface area (Å²) in [5, 5.41) is 8.91. The molecule has 0 bridgehead atoms. The number of aliphatic hydroxyl groups excluding tert-OH is 1. The Morgan fingerprint density at radius 3 is 1.54 bits per heavy atom. The van der Waals surface area contributed by atoms with Crippen molar-refractivity contribution in [3.63, 3.8) is 0 Å². The normalized spacial score (nSPS) is 23.5. The quantitative estimate of drug-likeness (QED) is 0.569. The Labute approximate surface area is 81.9 Å². The van der Waals surface area contributed by atoms with Gasteiger partial charge in [-0.05, 0) is 38.5 Å². The summed E-state index contributed by atoms with van der Waals surface area (Å²) in [5.41, 5.74) is 0. The first-order valence-corrected chi connectivity index (χ1v) is 5.72. The lowest BCUT2D eigenvalue weighted by Crippen LogP contribution is -2.09. The van der Waals surface area contributed by atoms with E-state index in [9.17, 15) is 0 Å². The molecule has 2 aliphatic rings.